The molecule has 0 saturated carbocycles. The van der Waals surface area contributed by atoms with Gasteiger partial charge in [0.05, 0.1) is 11.6 Å². The van der Waals surface area contributed by atoms with Crippen LogP contribution in [0.2, 0.25) is 5.02 Å². The zero-order valence-electron chi connectivity index (χ0n) is 10.1. The van der Waals surface area contributed by atoms with E-state index >= 15 is 0 Å². The molecule has 2 aromatic carbocycles. The summed E-state index contributed by atoms with van der Waals surface area (Å²) in [6.07, 6.45) is 0. The summed E-state index contributed by atoms with van der Waals surface area (Å²) in [4.78, 5) is 0.935. The fourth-order valence-corrected chi connectivity index (χ4v) is 2.57. The lowest BCUT2D eigenvalue weighted by Gasteiger charge is -2.07. The number of ether oxygens (including phenoxy) is 1. The van der Waals surface area contributed by atoms with Gasteiger partial charge >= 0.3 is 0 Å². The van der Waals surface area contributed by atoms with Crippen LogP contribution in [-0.4, -0.2) is 12.4 Å². The Morgan fingerprint density at radius 1 is 1.16 bits per heavy atom. The first kappa shape index (κ1) is 14.0. The number of benzene rings is 2. The van der Waals surface area contributed by atoms with E-state index in [1.807, 2.05) is 6.07 Å². The summed E-state index contributed by atoms with van der Waals surface area (Å²) in [6.45, 7) is 0.515. The molecule has 0 heterocycles. The second-order valence-electron chi connectivity index (χ2n) is 3.84. The van der Waals surface area contributed by atoms with Crippen molar-refractivity contribution in [2.45, 2.75) is 4.90 Å². The van der Waals surface area contributed by atoms with E-state index in [2.05, 4.69) is 0 Å². The molecule has 0 amide bonds. The number of hydrogen-bond acceptors (Lipinski definition) is 3. The van der Waals surface area contributed by atoms with Crippen LogP contribution in [0.3, 0.4) is 0 Å². The Balaban J connectivity index is 1.80. The summed E-state index contributed by atoms with van der Waals surface area (Å²) in [7, 11) is 0. The Morgan fingerprint density at radius 3 is 2.63 bits per heavy atom. The van der Waals surface area contributed by atoms with Crippen LogP contribution in [0.1, 0.15) is 0 Å². The minimum Gasteiger partial charge on any atom is -0.493 e. The molecule has 2 nitrogen and oxygen atoms in total. The van der Waals surface area contributed by atoms with Gasteiger partial charge in [0.1, 0.15) is 11.6 Å². The van der Waals surface area contributed by atoms with E-state index in [0.717, 1.165) is 10.6 Å². The number of thioether (sulfide) groups is 1. The predicted molar refractivity (Wildman–Crippen MR) is 78.5 cm³/mol. The van der Waals surface area contributed by atoms with E-state index in [4.69, 9.17) is 22.1 Å². The Bertz CT molecular complexity index is 548. The largest absolute Gasteiger partial charge is 0.493 e. The molecule has 0 aliphatic heterocycles. The van der Waals surface area contributed by atoms with Gasteiger partial charge in [0.15, 0.2) is 0 Å². The molecule has 0 atom stereocenters. The molecule has 0 bridgehead atoms. The average molecular weight is 298 g/mol. The number of anilines is 1. The Kier molecular flexibility index (Phi) is 4.93. The molecule has 0 saturated heterocycles. The van der Waals surface area contributed by atoms with Gasteiger partial charge in [-0.15, -0.1) is 11.8 Å². The summed E-state index contributed by atoms with van der Waals surface area (Å²) in [5.74, 6) is 1.12. The van der Waals surface area contributed by atoms with Gasteiger partial charge in [-0.1, -0.05) is 11.6 Å². The van der Waals surface area contributed by atoms with Crippen LogP contribution >= 0.6 is 23.4 Å². The fraction of sp³-hybridized carbons (Fsp3) is 0.143. The predicted octanol–water partition coefficient (Wildman–Crippen LogP) is 4.23. The molecule has 0 aliphatic carbocycles. The third-order valence-corrected chi connectivity index (χ3v) is 3.84. The molecule has 0 aliphatic rings. The van der Waals surface area contributed by atoms with E-state index in [1.54, 1.807) is 36.0 Å². The minimum atomic E-state index is -0.270. The van der Waals surface area contributed by atoms with Crippen molar-refractivity contribution < 1.29 is 9.13 Å². The van der Waals surface area contributed by atoms with E-state index < -0.39 is 0 Å². The summed E-state index contributed by atoms with van der Waals surface area (Å²) >= 11 is 7.62. The van der Waals surface area contributed by atoms with E-state index in [-0.39, 0.29) is 5.82 Å². The molecule has 100 valence electrons. The highest BCUT2D eigenvalue weighted by Gasteiger charge is 2.02. The van der Waals surface area contributed by atoms with Crippen LogP contribution < -0.4 is 10.5 Å². The molecule has 5 heteroatoms. The minimum absolute atomic E-state index is 0.270. The standard InChI is InChI=1S/C14H13ClFNOS/c15-13-6-3-11(17)9-14(13)19-8-7-18-12-4-1-10(16)2-5-12/h1-6,9H,7-8,17H2. The molecular weight excluding hydrogens is 285 g/mol. The summed E-state index contributed by atoms with van der Waals surface area (Å²) < 4.78 is 18.2. The molecule has 2 rings (SSSR count). The monoisotopic (exact) mass is 297 g/mol. The average Bonchev–Trinajstić information content (AvgIpc) is 2.40. The third kappa shape index (κ3) is 4.33. The van der Waals surface area contributed by atoms with Crippen molar-refractivity contribution in [3.63, 3.8) is 0 Å². The normalized spacial score (nSPS) is 10.4. The molecule has 0 spiro atoms. The van der Waals surface area contributed by atoms with Gasteiger partial charge in [0, 0.05) is 16.3 Å². The second-order valence-corrected chi connectivity index (χ2v) is 5.38. The second kappa shape index (κ2) is 6.68. The maximum atomic E-state index is 12.7. The highest BCUT2D eigenvalue weighted by atomic mass is 35.5. The van der Waals surface area contributed by atoms with Gasteiger partial charge in [-0.25, -0.2) is 4.39 Å². The first-order valence-corrected chi connectivity index (χ1v) is 7.08. The van der Waals surface area contributed by atoms with Crippen molar-refractivity contribution in [3.05, 3.63) is 53.3 Å². The van der Waals surface area contributed by atoms with Crippen molar-refractivity contribution in [1.82, 2.24) is 0 Å². The molecule has 0 radical (unpaired) electrons. The quantitative estimate of drug-likeness (QED) is 0.509. The maximum absolute atomic E-state index is 12.7. The molecule has 0 aromatic heterocycles. The Morgan fingerprint density at radius 2 is 1.89 bits per heavy atom. The van der Waals surface area contributed by atoms with Gasteiger partial charge in [0.2, 0.25) is 0 Å². The van der Waals surface area contributed by atoms with Crippen LogP contribution in [-0.2, 0) is 0 Å². The highest BCUT2D eigenvalue weighted by Crippen LogP contribution is 2.28. The Hall–Kier alpha value is -1.39. The van der Waals surface area contributed by atoms with Crippen LogP contribution in [0.15, 0.2) is 47.4 Å². The number of halogens is 2. The van der Waals surface area contributed by atoms with Gasteiger partial charge in [0.25, 0.3) is 0 Å². The van der Waals surface area contributed by atoms with Crippen LogP contribution in [0.25, 0.3) is 0 Å². The fourth-order valence-electron chi connectivity index (χ4n) is 1.47. The highest BCUT2D eigenvalue weighted by molar-refractivity contribution is 7.99. The maximum Gasteiger partial charge on any atom is 0.123 e. The summed E-state index contributed by atoms with van der Waals surface area (Å²) in [6, 6.07) is 11.3. The number of nitrogens with two attached hydrogens (primary N) is 1. The van der Waals surface area contributed by atoms with E-state index in [9.17, 15) is 4.39 Å². The van der Waals surface area contributed by atoms with Crippen molar-refractivity contribution >= 4 is 29.1 Å². The van der Waals surface area contributed by atoms with Gasteiger partial charge in [-0.3, -0.25) is 0 Å². The lowest BCUT2D eigenvalue weighted by atomic mass is 10.3. The number of nitrogen functional groups attached to an aromatic ring is 1. The van der Waals surface area contributed by atoms with E-state index in [0.29, 0.717) is 23.1 Å². The van der Waals surface area contributed by atoms with Crippen LogP contribution in [0.5, 0.6) is 5.75 Å². The zero-order chi connectivity index (χ0) is 13.7. The Labute approximate surface area is 120 Å². The van der Waals surface area contributed by atoms with E-state index in [1.165, 1.54) is 12.1 Å². The molecule has 2 aromatic rings. The van der Waals surface area contributed by atoms with Crippen molar-refractivity contribution in [2.75, 3.05) is 18.1 Å². The SMILES string of the molecule is Nc1ccc(Cl)c(SCCOc2ccc(F)cc2)c1. The molecule has 0 unspecified atom stereocenters. The molecule has 0 fully saturated rings. The molecule has 19 heavy (non-hydrogen) atoms. The lowest BCUT2D eigenvalue weighted by Crippen LogP contribution is -2.00. The van der Waals surface area contributed by atoms with Crippen molar-refractivity contribution in [1.29, 1.82) is 0 Å². The third-order valence-electron chi connectivity index (χ3n) is 2.38. The summed E-state index contributed by atoms with van der Waals surface area (Å²) in [5, 5.41) is 0.681. The van der Waals surface area contributed by atoms with Gasteiger partial charge in [-0.2, -0.15) is 0 Å². The topological polar surface area (TPSA) is 35.2 Å². The van der Waals surface area contributed by atoms with Gasteiger partial charge < -0.3 is 10.5 Å². The van der Waals surface area contributed by atoms with Crippen LogP contribution in [0.4, 0.5) is 10.1 Å². The van der Waals surface area contributed by atoms with Crippen LogP contribution in [0, 0.1) is 5.82 Å². The number of hydrogen-bond donors (Lipinski definition) is 1. The molecule has 2 N–H and O–H groups in total. The lowest BCUT2D eigenvalue weighted by molar-refractivity contribution is 0.343. The zero-order valence-corrected chi connectivity index (χ0v) is 11.7. The van der Waals surface area contributed by atoms with Gasteiger partial charge in [-0.05, 0) is 42.5 Å². The summed E-state index contributed by atoms with van der Waals surface area (Å²) in [5.41, 5.74) is 6.38. The smallest absolute Gasteiger partial charge is 0.123 e. The molecular formula is C14H13ClFNOS. The van der Waals surface area contributed by atoms with Crippen molar-refractivity contribution in [3.8, 4) is 5.75 Å². The van der Waals surface area contributed by atoms with Crippen molar-refractivity contribution in [2.24, 2.45) is 0 Å². The first-order chi connectivity index (χ1) is 9.15. The number of rotatable bonds is 5. The first-order valence-electron chi connectivity index (χ1n) is 5.71.